The summed E-state index contributed by atoms with van der Waals surface area (Å²) in [5.74, 6) is -3.01. The van der Waals surface area contributed by atoms with E-state index in [-0.39, 0.29) is 38.5 Å². The number of fused-ring (bicyclic) bond motifs is 4. The van der Waals surface area contributed by atoms with Crippen LogP contribution in [0.15, 0.2) is 30.3 Å². The topological polar surface area (TPSA) is 202 Å². The molecule has 51 heavy (non-hydrogen) atoms. The zero-order valence-electron chi connectivity index (χ0n) is 29.7. The highest BCUT2D eigenvalue weighted by molar-refractivity contribution is 5.96. The standard InChI is InChI=1S/C35H48N4O12/c1-19(41)26(31(44)36-22(17-40)12-14-25(43)50-34(2,3)4)37-33(46)35-15-23-27-28(48-18-47-27)30(35)51-39(29(35)32(45)49-23)16-21-10-8-7-9-20(21)11-13-24(42)38(5)6/h7-11,13,19,22-23,26-30,40-41H,12,14-18H2,1-6H3,(H,36,44)(H,37,46). The highest BCUT2D eigenvalue weighted by Crippen LogP contribution is 2.55. The average Bonchev–Trinajstić information content (AvgIpc) is 3.68. The van der Waals surface area contributed by atoms with Crippen LogP contribution in [0.1, 0.15) is 58.1 Å². The number of rotatable bonds is 13. The fourth-order valence-electron chi connectivity index (χ4n) is 7.02. The lowest BCUT2D eigenvalue weighted by Crippen LogP contribution is -2.71. The summed E-state index contributed by atoms with van der Waals surface area (Å²) in [6, 6.07) is 3.54. The zero-order chi connectivity index (χ0) is 37.2. The number of hydroxylamine groups is 2. The maximum atomic E-state index is 14.6. The molecule has 1 aromatic rings. The third-order valence-corrected chi connectivity index (χ3v) is 9.46. The van der Waals surface area contributed by atoms with Gasteiger partial charge in [0.15, 0.2) is 6.04 Å². The zero-order valence-corrected chi connectivity index (χ0v) is 29.7. The van der Waals surface area contributed by atoms with E-state index < -0.39 is 90.0 Å². The van der Waals surface area contributed by atoms with Crippen LogP contribution in [-0.4, -0.2) is 132 Å². The van der Waals surface area contributed by atoms with E-state index in [0.29, 0.717) is 11.1 Å². The number of carbonyl (C=O) groups is 5. The summed E-state index contributed by atoms with van der Waals surface area (Å²) in [5, 5.41) is 27.3. The van der Waals surface area contributed by atoms with Gasteiger partial charge in [-0.25, -0.2) is 0 Å². The first-order chi connectivity index (χ1) is 24.0. The molecule has 3 amide bonds. The van der Waals surface area contributed by atoms with Gasteiger partial charge in [0.25, 0.3) is 0 Å². The van der Waals surface area contributed by atoms with Gasteiger partial charge in [0.1, 0.15) is 48.3 Å². The Balaban J connectivity index is 1.39. The molecule has 280 valence electrons. The molecular formula is C35H48N4O12. The second-order valence-corrected chi connectivity index (χ2v) is 14.6. The fraction of sp³-hybridized carbons (Fsp3) is 0.629. The quantitative estimate of drug-likeness (QED) is 0.155. The van der Waals surface area contributed by atoms with Crippen molar-refractivity contribution < 1.29 is 58.0 Å². The molecule has 9 unspecified atom stereocenters. The summed E-state index contributed by atoms with van der Waals surface area (Å²) in [6.07, 6.45) is -1.75. The molecule has 1 saturated carbocycles. The Hall–Kier alpha value is -3.93. The van der Waals surface area contributed by atoms with Crippen LogP contribution in [0.3, 0.4) is 0 Å². The van der Waals surface area contributed by atoms with E-state index in [9.17, 15) is 34.2 Å². The number of aliphatic hydroxyl groups is 2. The van der Waals surface area contributed by atoms with Crippen molar-refractivity contribution in [2.45, 2.75) is 108 Å². The largest absolute Gasteiger partial charge is 0.460 e. The van der Waals surface area contributed by atoms with Crippen molar-refractivity contribution >= 4 is 35.7 Å². The molecule has 16 heteroatoms. The molecule has 3 heterocycles. The number of esters is 2. The van der Waals surface area contributed by atoms with Crippen LogP contribution in [0.5, 0.6) is 0 Å². The van der Waals surface area contributed by atoms with Crippen LogP contribution in [0, 0.1) is 5.41 Å². The summed E-state index contributed by atoms with van der Waals surface area (Å²) in [6.45, 7) is 5.89. The summed E-state index contributed by atoms with van der Waals surface area (Å²) in [4.78, 5) is 74.3. The van der Waals surface area contributed by atoms with E-state index in [1.54, 1.807) is 65.2 Å². The molecule has 16 nitrogen and oxygen atoms in total. The highest BCUT2D eigenvalue weighted by Gasteiger charge is 2.74. The van der Waals surface area contributed by atoms with Crippen LogP contribution in [0.25, 0.3) is 6.08 Å². The summed E-state index contributed by atoms with van der Waals surface area (Å²) < 4.78 is 22.8. The number of benzene rings is 1. The Bertz CT molecular complexity index is 1530. The van der Waals surface area contributed by atoms with Gasteiger partial charge in [-0.05, 0) is 51.3 Å². The van der Waals surface area contributed by atoms with Crippen molar-refractivity contribution in [3.8, 4) is 0 Å². The summed E-state index contributed by atoms with van der Waals surface area (Å²) in [5.41, 5.74) is -0.963. The Labute approximate surface area is 296 Å². The van der Waals surface area contributed by atoms with Crippen molar-refractivity contribution in [2.24, 2.45) is 5.41 Å². The van der Waals surface area contributed by atoms with E-state index in [4.69, 9.17) is 23.8 Å². The molecule has 9 atom stereocenters. The first-order valence-corrected chi connectivity index (χ1v) is 17.0. The lowest BCUT2D eigenvalue weighted by Gasteiger charge is -2.49. The van der Waals surface area contributed by atoms with Gasteiger partial charge in [-0.1, -0.05) is 24.3 Å². The molecule has 4 fully saturated rings. The molecule has 0 aromatic heterocycles. The second kappa shape index (κ2) is 15.4. The van der Waals surface area contributed by atoms with Gasteiger partial charge in [0.2, 0.25) is 17.7 Å². The maximum Gasteiger partial charge on any atom is 0.327 e. The lowest BCUT2D eigenvalue weighted by molar-refractivity contribution is -0.201. The van der Waals surface area contributed by atoms with Crippen LogP contribution < -0.4 is 10.6 Å². The van der Waals surface area contributed by atoms with Gasteiger partial charge in [-0.15, -0.1) is 0 Å². The maximum absolute atomic E-state index is 14.6. The van der Waals surface area contributed by atoms with E-state index in [2.05, 4.69) is 10.6 Å². The number of ether oxygens (including phenoxy) is 4. The van der Waals surface area contributed by atoms with Crippen molar-refractivity contribution in [3.63, 3.8) is 0 Å². The molecule has 4 N–H and O–H groups in total. The molecule has 5 rings (SSSR count). The molecule has 0 radical (unpaired) electrons. The fourth-order valence-corrected chi connectivity index (χ4v) is 7.02. The molecule has 3 aliphatic heterocycles. The molecule has 4 aliphatic rings. The van der Waals surface area contributed by atoms with E-state index in [0.717, 1.165) is 0 Å². The minimum atomic E-state index is -1.62. The van der Waals surface area contributed by atoms with Gasteiger partial charge >= 0.3 is 11.9 Å². The van der Waals surface area contributed by atoms with Crippen molar-refractivity contribution in [3.05, 3.63) is 41.5 Å². The number of hydrogen-bond acceptors (Lipinski definition) is 13. The number of aliphatic hydroxyl groups excluding tert-OH is 2. The number of likely N-dealkylation sites (N-methyl/N-ethyl adjacent to an activating group) is 1. The van der Waals surface area contributed by atoms with Gasteiger partial charge in [0, 0.05) is 33.0 Å². The molecular weight excluding hydrogens is 668 g/mol. The molecule has 0 spiro atoms. The SMILES string of the molecule is CC(O)C(NC(=O)C12CC3OC(=O)C1N(Cc1ccccc1C=CC(=O)N(C)C)OC2C1OCOC31)C(=O)NC(CO)CCC(=O)OC(C)(C)C. The number of nitrogens with zero attached hydrogens (tertiary/aromatic N) is 2. The van der Waals surface area contributed by atoms with Crippen molar-refractivity contribution in [2.75, 3.05) is 27.5 Å². The number of amides is 3. The third-order valence-electron chi connectivity index (χ3n) is 9.46. The van der Waals surface area contributed by atoms with E-state index in [1.165, 1.54) is 23.0 Å². The Morgan fingerprint density at radius 2 is 1.84 bits per heavy atom. The van der Waals surface area contributed by atoms with Gasteiger partial charge < -0.3 is 44.7 Å². The Kier molecular flexibility index (Phi) is 11.5. The minimum Gasteiger partial charge on any atom is -0.460 e. The molecule has 3 saturated heterocycles. The third kappa shape index (κ3) is 8.10. The molecule has 2 bridgehead atoms. The van der Waals surface area contributed by atoms with Crippen LogP contribution in [-0.2, 0) is 54.3 Å². The molecule has 1 aromatic carbocycles. The minimum absolute atomic E-state index is 0.0108. The Morgan fingerprint density at radius 1 is 1.14 bits per heavy atom. The smallest absolute Gasteiger partial charge is 0.327 e. The van der Waals surface area contributed by atoms with Gasteiger partial charge in [-0.3, -0.25) is 28.8 Å². The van der Waals surface area contributed by atoms with Crippen LogP contribution in [0.2, 0.25) is 0 Å². The molecule has 1 aliphatic carbocycles. The summed E-state index contributed by atoms with van der Waals surface area (Å²) >= 11 is 0. The van der Waals surface area contributed by atoms with Crippen LogP contribution >= 0.6 is 0 Å². The average molecular weight is 717 g/mol. The predicted molar refractivity (Wildman–Crippen MR) is 178 cm³/mol. The van der Waals surface area contributed by atoms with Gasteiger partial charge in [-0.2, -0.15) is 5.06 Å². The first kappa shape index (κ1) is 38.3. The van der Waals surface area contributed by atoms with E-state index >= 15 is 0 Å². The highest BCUT2D eigenvalue weighted by atomic mass is 16.8. The second-order valence-electron chi connectivity index (χ2n) is 14.6. The number of hydrogen-bond donors (Lipinski definition) is 4. The number of carbonyl (C=O) groups excluding carboxylic acids is 5. The van der Waals surface area contributed by atoms with Crippen molar-refractivity contribution in [1.29, 1.82) is 0 Å². The van der Waals surface area contributed by atoms with Crippen molar-refractivity contribution in [1.82, 2.24) is 20.6 Å². The number of nitrogens with one attached hydrogen (secondary N) is 2. The predicted octanol–water partition coefficient (Wildman–Crippen LogP) is -0.206. The van der Waals surface area contributed by atoms with Crippen LogP contribution in [0.4, 0.5) is 0 Å². The van der Waals surface area contributed by atoms with Gasteiger partial charge in [0.05, 0.1) is 25.3 Å². The summed E-state index contributed by atoms with van der Waals surface area (Å²) in [7, 11) is 3.27. The normalized spacial score (nSPS) is 28.7. The first-order valence-electron chi connectivity index (χ1n) is 17.0. The van der Waals surface area contributed by atoms with E-state index in [1.807, 2.05) is 0 Å². The Morgan fingerprint density at radius 3 is 2.51 bits per heavy atom. The monoisotopic (exact) mass is 716 g/mol. The lowest BCUT2D eigenvalue weighted by atomic mass is 9.62.